The van der Waals surface area contributed by atoms with E-state index in [1.54, 1.807) is 0 Å². The van der Waals surface area contributed by atoms with Crippen LogP contribution in [0.3, 0.4) is 0 Å². The van der Waals surface area contributed by atoms with Crippen molar-refractivity contribution >= 4 is 5.69 Å². The zero-order valence-electron chi connectivity index (χ0n) is 7.40. The smallest absolute Gasteiger partial charge is 0.0726 e. The van der Waals surface area contributed by atoms with Gasteiger partial charge in [0.25, 0.3) is 0 Å². The Hall–Kier alpha value is -1.25. The van der Waals surface area contributed by atoms with Gasteiger partial charge in [0.1, 0.15) is 0 Å². The Bertz CT molecular complexity index is 315. The lowest BCUT2D eigenvalue weighted by atomic mass is 9.71. The number of anilines is 1. The molecule has 1 saturated carbocycles. The summed E-state index contributed by atoms with van der Waals surface area (Å²) in [6.45, 7) is 0. The van der Waals surface area contributed by atoms with Crippen molar-refractivity contribution in [3.8, 4) is 0 Å². The van der Waals surface area contributed by atoms with Crippen LogP contribution in [0.25, 0.3) is 0 Å². The Kier molecular flexibility index (Phi) is 1.45. The summed E-state index contributed by atoms with van der Waals surface area (Å²) in [5, 5.41) is 10.2. The molecule has 2 N–H and O–H groups in total. The van der Waals surface area contributed by atoms with Gasteiger partial charge in [0.05, 0.1) is 11.9 Å². The normalized spacial score (nSPS) is 35.5. The second-order valence-electron chi connectivity index (χ2n) is 3.97. The van der Waals surface area contributed by atoms with E-state index in [-0.39, 0.29) is 0 Å². The monoisotopic (exact) mass is 175 g/mol. The maximum absolute atomic E-state index is 3.91. The topological polar surface area (TPSA) is 40.7 Å². The van der Waals surface area contributed by atoms with Gasteiger partial charge in [-0.15, -0.1) is 0 Å². The number of hydrogen-bond acceptors (Lipinski definition) is 2. The first kappa shape index (κ1) is 7.18. The van der Waals surface area contributed by atoms with Crippen molar-refractivity contribution in [3.63, 3.8) is 0 Å². The van der Waals surface area contributed by atoms with Gasteiger partial charge in [-0.05, 0) is 18.8 Å². The molecule has 68 valence electrons. The molecule has 1 heterocycles. The Morgan fingerprint density at radius 2 is 2.54 bits per heavy atom. The first-order valence-corrected chi connectivity index (χ1v) is 4.85. The molecule has 0 amide bonds. The van der Waals surface area contributed by atoms with Crippen molar-refractivity contribution in [1.29, 1.82) is 0 Å². The summed E-state index contributed by atoms with van der Waals surface area (Å²) in [5.41, 5.74) is 1.11. The largest absolute Gasteiger partial charge is 0.379 e. The highest BCUT2D eigenvalue weighted by Gasteiger charge is 2.40. The van der Waals surface area contributed by atoms with Crippen LogP contribution in [-0.4, -0.2) is 16.2 Å². The van der Waals surface area contributed by atoms with Crippen molar-refractivity contribution in [2.45, 2.75) is 18.9 Å². The number of aromatic amines is 1. The Balaban J connectivity index is 1.66. The van der Waals surface area contributed by atoms with Crippen LogP contribution in [-0.2, 0) is 0 Å². The minimum Gasteiger partial charge on any atom is -0.379 e. The lowest BCUT2D eigenvalue weighted by Crippen LogP contribution is -2.43. The maximum atomic E-state index is 3.91. The van der Waals surface area contributed by atoms with Crippen molar-refractivity contribution in [2.24, 2.45) is 11.8 Å². The van der Waals surface area contributed by atoms with E-state index in [9.17, 15) is 0 Å². The van der Waals surface area contributed by atoms with Crippen LogP contribution in [0.5, 0.6) is 0 Å². The number of fused-ring (bicyclic) bond motifs is 1. The van der Waals surface area contributed by atoms with Crippen molar-refractivity contribution in [1.82, 2.24) is 10.2 Å². The molecule has 1 aromatic heterocycles. The van der Waals surface area contributed by atoms with Crippen LogP contribution in [0.4, 0.5) is 5.69 Å². The summed E-state index contributed by atoms with van der Waals surface area (Å²) in [4.78, 5) is 0. The molecular weight excluding hydrogens is 162 g/mol. The summed E-state index contributed by atoms with van der Waals surface area (Å²) in [7, 11) is 0. The number of aromatic nitrogens is 2. The molecule has 1 fully saturated rings. The van der Waals surface area contributed by atoms with Crippen LogP contribution in [0.1, 0.15) is 12.8 Å². The van der Waals surface area contributed by atoms with E-state index in [2.05, 4.69) is 27.7 Å². The first-order chi connectivity index (χ1) is 6.43. The molecule has 3 unspecified atom stereocenters. The molecule has 0 saturated heterocycles. The van der Waals surface area contributed by atoms with Crippen LogP contribution < -0.4 is 5.32 Å². The number of H-pyrrole nitrogens is 1. The molecule has 2 aliphatic carbocycles. The van der Waals surface area contributed by atoms with Gasteiger partial charge >= 0.3 is 0 Å². The third-order valence-corrected chi connectivity index (χ3v) is 3.21. The molecule has 0 radical (unpaired) electrons. The van der Waals surface area contributed by atoms with Crippen molar-refractivity contribution in [3.05, 3.63) is 24.5 Å². The molecule has 13 heavy (non-hydrogen) atoms. The number of hydrogen-bond donors (Lipinski definition) is 2. The summed E-state index contributed by atoms with van der Waals surface area (Å²) in [5.74, 6) is 1.69. The zero-order chi connectivity index (χ0) is 8.67. The lowest BCUT2D eigenvalue weighted by molar-refractivity contribution is 0.218. The van der Waals surface area contributed by atoms with Crippen LogP contribution in [0.2, 0.25) is 0 Å². The molecule has 3 atom stereocenters. The summed E-state index contributed by atoms with van der Waals surface area (Å²) >= 11 is 0. The highest BCUT2D eigenvalue weighted by atomic mass is 15.1. The fraction of sp³-hybridized carbons (Fsp3) is 0.500. The summed E-state index contributed by atoms with van der Waals surface area (Å²) in [6, 6.07) is 0.640. The van der Waals surface area contributed by atoms with E-state index in [1.807, 2.05) is 12.4 Å². The quantitative estimate of drug-likeness (QED) is 0.673. The zero-order valence-corrected chi connectivity index (χ0v) is 7.40. The molecule has 0 bridgehead atoms. The van der Waals surface area contributed by atoms with E-state index in [1.165, 1.54) is 12.8 Å². The summed E-state index contributed by atoms with van der Waals surface area (Å²) in [6.07, 6.45) is 11.0. The maximum Gasteiger partial charge on any atom is 0.0726 e. The van der Waals surface area contributed by atoms with E-state index in [4.69, 9.17) is 0 Å². The van der Waals surface area contributed by atoms with Gasteiger partial charge in [0.15, 0.2) is 0 Å². The first-order valence-electron chi connectivity index (χ1n) is 4.85. The molecule has 3 heteroatoms. The van der Waals surface area contributed by atoms with E-state index >= 15 is 0 Å². The van der Waals surface area contributed by atoms with E-state index in [0.29, 0.717) is 6.04 Å². The molecule has 3 rings (SSSR count). The van der Waals surface area contributed by atoms with E-state index in [0.717, 1.165) is 17.5 Å². The average Bonchev–Trinajstić information content (AvgIpc) is 2.69. The molecule has 0 aromatic carbocycles. The number of nitrogens with zero attached hydrogens (tertiary/aromatic N) is 1. The van der Waals surface area contributed by atoms with Gasteiger partial charge < -0.3 is 5.32 Å². The van der Waals surface area contributed by atoms with Crippen LogP contribution >= 0.6 is 0 Å². The Morgan fingerprint density at radius 3 is 3.31 bits per heavy atom. The number of rotatable bonds is 2. The third kappa shape index (κ3) is 1.07. The standard InChI is InChI=1S/C10H13N3/c1-2-7-4-10(9(7)3-1)13-8-5-11-12-6-8/h1,3,5-7,9-10,13H,2,4H2,(H,11,12). The highest BCUT2D eigenvalue weighted by Crippen LogP contribution is 2.43. The van der Waals surface area contributed by atoms with Gasteiger partial charge in [-0.25, -0.2) is 0 Å². The fourth-order valence-corrected chi connectivity index (χ4v) is 2.43. The third-order valence-electron chi connectivity index (χ3n) is 3.21. The molecule has 3 nitrogen and oxygen atoms in total. The SMILES string of the molecule is C1=CC2C(C1)CC2Nc1cn[nH]c1. The second-order valence-corrected chi connectivity index (χ2v) is 3.97. The van der Waals surface area contributed by atoms with Crippen molar-refractivity contribution < 1.29 is 0 Å². The van der Waals surface area contributed by atoms with Gasteiger partial charge in [-0.2, -0.15) is 5.10 Å². The second kappa shape index (κ2) is 2.62. The predicted octanol–water partition coefficient (Wildman–Crippen LogP) is 1.79. The average molecular weight is 175 g/mol. The van der Waals surface area contributed by atoms with Crippen molar-refractivity contribution in [2.75, 3.05) is 5.32 Å². The van der Waals surface area contributed by atoms with Crippen LogP contribution in [0, 0.1) is 11.8 Å². The van der Waals surface area contributed by atoms with Gasteiger partial charge in [-0.1, -0.05) is 12.2 Å². The minimum atomic E-state index is 0.640. The number of allylic oxidation sites excluding steroid dienone is 1. The Morgan fingerprint density at radius 1 is 1.54 bits per heavy atom. The molecule has 2 aliphatic rings. The number of nitrogens with one attached hydrogen (secondary N) is 2. The van der Waals surface area contributed by atoms with Gasteiger partial charge in [0.2, 0.25) is 0 Å². The molecule has 0 spiro atoms. The molecule has 0 aliphatic heterocycles. The minimum absolute atomic E-state index is 0.640. The fourth-order valence-electron chi connectivity index (χ4n) is 2.43. The van der Waals surface area contributed by atoms with Crippen LogP contribution in [0.15, 0.2) is 24.5 Å². The Labute approximate surface area is 77.2 Å². The summed E-state index contributed by atoms with van der Waals surface area (Å²) < 4.78 is 0. The van der Waals surface area contributed by atoms with E-state index < -0.39 is 0 Å². The lowest BCUT2D eigenvalue weighted by Gasteiger charge is -2.40. The molecular formula is C10H13N3. The predicted molar refractivity (Wildman–Crippen MR) is 51.4 cm³/mol. The van der Waals surface area contributed by atoms with Gasteiger partial charge in [-0.3, -0.25) is 5.10 Å². The van der Waals surface area contributed by atoms with Gasteiger partial charge in [0, 0.05) is 18.2 Å². The highest BCUT2D eigenvalue weighted by molar-refractivity contribution is 5.40. The molecule has 1 aromatic rings.